The second-order valence-electron chi connectivity index (χ2n) is 5.00. The molecule has 6 nitrogen and oxygen atoms in total. The highest BCUT2D eigenvalue weighted by Crippen LogP contribution is 2.27. The lowest BCUT2D eigenvalue weighted by atomic mass is 10.3. The summed E-state index contributed by atoms with van der Waals surface area (Å²) in [7, 11) is 1.70. The van der Waals surface area contributed by atoms with Gasteiger partial charge in [-0.3, -0.25) is 4.40 Å². The number of hydrogen-bond donors (Lipinski definition) is 2. The second-order valence-corrected chi connectivity index (χ2v) is 5.87. The molecule has 1 aliphatic rings. The Hall–Kier alpha value is -1.15. The molecule has 0 bridgehead atoms. The number of imidazole rings is 1. The summed E-state index contributed by atoms with van der Waals surface area (Å²) >= 11 is 1.64. The molecule has 2 aromatic rings. The minimum atomic E-state index is -0.232. The highest BCUT2D eigenvalue weighted by Gasteiger charge is 2.25. The number of rotatable bonds is 6. The second kappa shape index (κ2) is 6.09. The molecule has 0 spiro atoms. The van der Waals surface area contributed by atoms with E-state index in [1.54, 1.807) is 18.4 Å². The van der Waals surface area contributed by atoms with E-state index in [1.165, 1.54) is 0 Å². The molecule has 20 heavy (non-hydrogen) atoms. The molecule has 0 amide bonds. The number of anilines is 1. The normalized spacial score (nSPS) is 19.3. The quantitative estimate of drug-likeness (QED) is 0.769. The van der Waals surface area contributed by atoms with Crippen molar-refractivity contribution in [3.05, 3.63) is 17.3 Å². The summed E-state index contributed by atoms with van der Waals surface area (Å²) < 4.78 is 7.18. The van der Waals surface area contributed by atoms with Gasteiger partial charge in [0.2, 0.25) is 0 Å². The van der Waals surface area contributed by atoms with Crippen LogP contribution in [0.2, 0.25) is 0 Å². The van der Waals surface area contributed by atoms with Crippen molar-refractivity contribution in [3.8, 4) is 0 Å². The fourth-order valence-corrected chi connectivity index (χ4v) is 3.28. The zero-order valence-corrected chi connectivity index (χ0v) is 12.4. The zero-order valence-electron chi connectivity index (χ0n) is 11.6. The molecular formula is C13H20N4O2S. The summed E-state index contributed by atoms with van der Waals surface area (Å²) in [6.07, 6.45) is 2.64. The maximum atomic E-state index is 9.72. The van der Waals surface area contributed by atoms with Gasteiger partial charge >= 0.3 is 0 Å². The lowest BCUT2D eigenvalue weighted by Crippen LogP contribution is -2.25. The molecule has 2 aromatic heterocycles. The highest BCUT2D eigenvalue weighted by molar-refractivity contribution is 7.15. The SMILES string of the molecule is COCCNCc1c(N2CCC(O)C2)nc2sccn12. The number of methoxy groups -OCH3 is 1. The number of aromatic nitrogens is 2. The van der Waals surface area contributed by atoms with E-state index in [9.17, 15) is 5.11 Å². The van der Waals surface area contributed by atoms with Crippen LogP contribution in [0.15, 0.2) is 11.6 Å². The van der Waals surface area contributed by atoms with Crippen molar-refractivity contribution in [1.29, 1.82) is 0 Å². The zero-order chi connectivity index (χ0) is 13.9. The van der Waals surface area contributed by atoms with E-state index in [-0.39, 0.29) is 6.10 Å². The van der Waals surface area contributed by atoms with E-state index >= 15 is 0 Å². The fraction of sp³-hybridized carbons (Fsp3) is 0.615. The average molecular weight is 296 g/mol. The first-order valence-corrected chi connectivity index (χ1v) is 7.74. The molecule has 0 aromatic carbocycles. The summed E-state index contributed by atoms with van der Waals surface area (Å²) in [5.41, 5.74) is 1.16. The van der Waals surface area contributed by atoms with E-state index in [0.29, 0.717) is 13.2 Å². The molecule has 7 heteroatoms. The Morgan fingerprint density at radius 2 is 2.50 bits per heavy atom. The fourth-order valence-electron chi connectivity index (χ4n) is 2.55. The van der Waals surface area contributed by atoms with E-state index in [1.807, 2.05) is 5.38 Å². The van der Waals surface area contributed by atoms with Gasteiger partial charge in [-0.15, -0.1) is 11.3 Å². The van der Waals surface area contributed by atoms with Gasteiger partial charge in [-0.1, -0.05) is 0 Å². The third kappa shape index (κ3) is 2.67. The van der Waals surface area contributed by atoms with Crippen molar-refractivity contribution < 1.29 is 9.84 Å². The topological polar surface area (TPSA) is 62.0 Å². The Bertz CT molecular complexity index is 568. The van der Waals surface area contributed by atoms with Gasteiger partial charge in [0.25, 0.3) is 0 Å². The average Bonchev–Trinajstić information content (AvgIpc) is 3.10. The molecule has 2 N–H and O–H groups in total. The number of ether oxygens (including phenoxy) is 1. The molecule has 1 fully saturated rings. The van der Waals surface area contributed by atoms with Gasteiger partial charge in [0.1, 0.15) is 0 Å². The van der Waals surface area contributed by atoms with Gasteiger partial charge in [-0.05, 0) is 6.42 Å². The van der Waals surface area contributed by atoms with Gasteiger partial charge in [-0.2, -0.15) is 0 Å². The molecule has 1 saturated heterocycles. The Morgan fingerprint density at radius 1 is 1.60 bits per heavy atom. The molecule has 1 atom stereocenters. The van der Waals surface area contributed by atoms with Gasteiger partial charge in [0.05, 0.1) is 18.4 Å². The van der Waals surface area contributed by atoms with Crippen molar-refractivity contribution in [2.24, 2.45) is 0 Å². The molecule has 0 aliphatic carbocycles. The van der Waals surface area contributed by atoms with Crippen LogP contribution in [0.4, 0.5) is 5.82 Å². The van der Waals surface area contributed by atoms with Gasteiger partial charge in [0.15, 0.2) is 10.8 Å². The van der Waals surface area contributed by atoms with Crippen molar-refractivity contribution in [2.75, 3.05) is 38.3 Å². The first-order chi connectivity index (χ1) is 9.79. The minimum absolute atomic E-state index is 0.232. The number of nitrogens with zero attached hydrogens (tertiary/aromatic N) is 3. The van der Waals surface area contributed by atoms with Crippen LogP contribution >= 0.6 is 11.3 Å². The number of hydrogen-bond acceptors (Lipinski definition) is 6. The number of β-amino-alcohol motifs (C(OH)–C–C–N with tert-alkyl or cyclic N) is 1. The van der Waals surface area contributed by atoms with Crippen LogP contribution < -0.4 is 10.2 Å². The summed E-state index contributed by atoms with van der Waals surface area (Å²) in [4.78, 5) is 7.90. The van der Waals surface area contributed by atoms with Crippen LogP contribution in [0, 0.1) is 0 Å². The number of aliphatic hydroxyl groups is 1. The Kier molecular flexibility index (Phi) is 4.21. The van der Waals surface area contributed by atoms with Crippen molar-refractivity contribution in [3.63, 3.8) is 0 Å². The predicted octanol–water partition coefficient (Wildman–Crippen LogP) is 0.703. The molecule has 3 heterocycles. The standard InChI is InChI=1S/C13H20N4O2S/c1-19-6-3-14-8-11-12(16-4-2-10(18)9-16)15-13-17(11)5-7-20-13/h5,7,10,14,18H,2-4,6,8-9H2,1H3. The van der Waals surface area contributed by atoms with Crippen LogP contribution in [-0.2, 0) is 11.3 Å². The molecule has 0 radical (unpaired) electrons. The first kappa shape index (κ1) is 13.8. The Labute approximate surface area is 122 Å². The Balaban J connectivity index is 1.81. The lowest BCUT2D eigenvalue weighted by Gasteiger charge is -2.17. The summed E-state index contributed by atoms with van der Waals surface area (Å²) in [6, 6.07) is 0. The smallest absolute Gasteiger partial charge is 0.195 e. The van der Waals surface area contributed by atoms with Gasteiger partial charge < -0.3 is 20.1 Å². The van der Waals surface area contributed by atoms with E-state index < -0.39 is 0 Å². The van der Waals surface area contributed by atoms with E-state index in [4.69, 9.17) is 9.72 Å². The molecule has 110 valence electrons. The summed E-state index contributed by atoms with van der Waals surface area (Å²) in [5.74, 6) is 0.998. The number of thiazole rings is 1. The third-order valence-corrected chi connectivity index (χ3v) is 4.33. The molecule has 3 rings (SSSR count). The molecule has 1 aliphatic heterocycles. The lowest BCUT2D eigenvalue weighted by molar-refractivity contribution is 0.198. The van der Waals surface area contributed by atoms with Crippen LogP contribution in [-0.4, -0.2) is 53.9 Å². The van der Waals surface area contributed by atoms with E-state index in [0.717, 1.165) is 42.5 Å². The monoisotopic (exact) mass is 296 g/mol. The maximum Gasteiger partial charge on any atom is 0.195 e. The summed E-state index contributed by atoms with van der Waals surface area (Å²) in [5, 5.41) is 15.1. The number of nitrogens with one attached hydrogen (secondary N) is 1. The largest absolute Gasteiger partial charge is 0.391 e. The third-order valence-electron chi connectivity index (χ3n) is 3.58. The van der Waals surface area contributed by atoms with Crippen molar-refractivity contribution >= 4 is 22.1 Å². The van der Waals surface area contributed by atoms with Crippen molar-refractivity contribution in [2.45, 2.75) is 19.1 Å². The first-order valence-electron chi connectivity index (χ1n) is 6.86. The summed E-state index contributed by atoms with van der Waals surface area (Å²) in [6.45, 7) is 3.81. The predicted molar refractivity (Wildman–Crippen MR) is 79.5 cm³/mol. The van der Waals surface area contributed by atoms with Gasteiger partial charge in [0, 0.05) is 44.9 Å². The Morgan fingerprint density at radius 3 is 3.25 bits per heavy atom. The highest BCUT2D eigenvalue weighted by atomic mass is 32.1. The molecule has 0 saturated carbocycles. The number of aliphatic hydroxyl groups excluding tert-OH is 1. The minimum Gasteiger partial charge on any atom is -0.391 e. The van der Waals surface area contributed by atoms with Crippen LogP contribution in [0.3, 0.4) is 0 Å². The maximum absolute atomic E-state index is 9.72. The van der Waals surface area contributed by atoms with E-state index in [2.05, 4.69) is 20.8 Å². The molecular weight excluding hydrogens is 276 g/mol. The van der Waals surface area contributed by atoms with Crippen LogP contribution in [0.1, 0.15) is 12.1 Å². The van der Waals surface area contributed by atoms with Crippen molar-refractivity contribution in [1.82, 2.24) is 14.7 Å². The number of fused-ring (bicyclic) bond motifs is 1. The molecule has 1 unspecified atom stereocenters. The van der Waals surface area contributed by atoms with Gasteiger partial charge in [-0.25, -0.2) is 4.98 Å². The van der Waals surface area contributed by atoms with Crippen LogP contribution in [0.25, 0.3) is 4.96 Å². The van der Waals surface area contributed by atoms with Crippen LogP contribution in [0.5, 0.6) is 0 Å².